The van der Waals surface area contributed by atoms with Crippen LogP contribution in [-0.4, -0.2) is 22.4 Å². The second-order valence-corrected chi connectivity index (χ2v) is 4.57. The number of imidazole rings is 1. The van der Waals surface area contributed by atoms with Crippen LogP contribution in [-0.2, 0) is 6.42 Å². The van der Waals surface area contributed by atoms with Crippen molar-refractivity contribution in [2.75, 3.05) is 12.3 Å². The third-order valence-electron chi connectivity index (χ3n) is 3.06. The number of aryl methyl sites for hydroxylation is 2. The first kappa shape index (κ1) is 13.1. The van der Waals surface area contributed by atoms with Crippen LogP contribution in [0.25, 0.3) is 0 Å². The summed E-state index contributed by atoms with van der Waals surface area (Å²) < 4.78 is 0. The Hall–Kier alpha value is -2.30. The molecular weight excluding hydrogens is 240 g/mol. The fraction of sp³-hybridized carbons (Fsp3) is 0.286. The third kappa shape index (κ3) is 3.13. The Morgan fingerprint density at radius 2 is 2.16 bits per heavy atom. The molecule has 0 bridgehead atoms. The number of benzene rings is 1. The molecule has 2 rings (SSSR count). The average molecular weight is 258 g/mol. The number of aromatic nitrogens is 2. The maximum absolute atomic E-state index is 12.1. The Labute approximate surface area is 112 Å². The lowest BCUT2D eigenvalue weighted by atomic mass is 10.0. The average Bonchev–Trinajstić information content (AvgIpc) is 2.86. The highest BCUT2D eigenvalue weighted by Gasteiger charge is 2.10. The number of carbonyl (C=O) groups excluding carboxylic acids is 1. The molecule has 0 radical (unpaired) electrons. The smallest absolute Gasteiger partial charge is 0.251 e. The maximum Gasteiger partial charge on any atom is 0.251 e. The summed E-state index contributed by atoms with van der Waals surface area (Å²) in [4.78, 5) is 19.2. The molecule has 0 unspecified atom stereocenters. The highest BCUT2D eigenvalue weighted by molar-refractivity contribution is 5.96. The van der Waals surface area contributed by atoms with Gasteiger partial charge in [0, 0.05) is 36.6 Å². The first-order valence-electron chi connectivity index (χ1n) is 6.21. The summed E-state index contributed by atoms with van der Waals surface area (Å²) in [6.45, 7) is 4.38. The number of anilines is 1. The number of nitrogens with two attached hydrogens (primary N) is 1. The number of nitrogen functional groups attached to an aromatic ring is 1. The molecule has 2 aromatic rings. The van der Waals surface area contributed by atoms with Crippen LogP contribution in [0.4, 0.5) is 5.69 Å². The topological polar surface area (TPSA) is 83.8 Å². The van der Waals surface area contributed by atoms with Gasteiger partial charge in [-0.1, -0.05) is 6.07 Å². The standard InChI is InChI=1S/C14H18N4O/c1-9-7-10(2)12(15)8-11(9)14(19)18-4-3-13-16-5-6-17-13/h5-8H,3-4,15H2,1-2H3,(H,16,17)(H,18,19). The van der Waals surface area contributed by atoms with Gasteiger partial charge >= 0.3 is 0 Å². The largest absolute Gasteiger partial charge is 0.398 e. The monoisotopic (exact) mass is 258 g/mol. The van der Waals surface area contributed by atoms with E-state index in [9.17, 15) is 4.79 Å². The molecule has 0 aliphatic heterocycles. The van der Waals surface area contributed by atoms with E-state index in [2.05, 4.69) is 15.3 Å². The Morgan fingerprint density at radius 3 is 2.84 bits per heavy atom. The summed E-state index contributed by atoms with van der Waals surface area (Å²) in [5.41, 5.74) is 9.03. The van der Waals surface area contributed by atoms with E-state index in [0.29, 0.717) is 24.2 Å². The Kier molecular flexibility index (Phi) is 3.85. The van der Waals surface area contributed by atoms with Crippen LogP contribution in [0.3, 0.4) is 0 Å². The SMILES string of the molecule is Cc1cc(C)c(C(=O)NCCc2ncc[nH]2)cc1N. The van der Waals surface area contributed by atoms with Crippen molar-refractivity contribution in [3.8, 4) is 0 Å². The molecule has 0 saturated carbocycles. The van der Waals surface area contributed by atoms with Gasteiger partial charge in [-0.05, 0) is 31.0 Å². The van der Waals surface area contributed by atoms with E-state index in [1.165, 1.54) is 0 Å². The Morgan fingerprint density at radius 1 is 1.37 bits per heavy atom. The van der Waals surface area contributed by atoms with E-state index in [4.69, 9.17) is 5.73 Å². The molecule has 0 atom stereocenters. The lowest BCUT2D eigenvalue weighted by Crippen LogP contribution is -2.26. The molecule has 0 saturated heterocycles. The summed E-state index contributed by atoms with van der Waals surface area (Å²) >= 11 is 0. The van der Waals surface area contributed by atoms with Crippen molar-refractivity contribution in [1.29, 1.82) is 0 Å². The number of rotatable bonds is 4. The summed E-state index contributed by atoms with van der Waals surface area (Å²) in [6, 6.07) is 3.66. The van der Waals surface area contributed by atoms with E-state index >= 15 is 0 Å². The van der Waals surface area contributed by atoms with Gasteiger partial charge in [-0.25, -0.2) is 4.98 Å². The summed E-state index contributed by atoms with van der Waals surface area (Å²) in [5, 5.41) is 2.87. The first-order chi connectivity index (χ1) is 9.08. The first-order valence-corrected chi connectivity index (χ1v) is 6.21. The summed E-state index contributed by atoms with van der Waals surface area (Å²) in [6.07, 6.45) is 4.14. The van der Waals surface area contributed by atoms with E-state index in [1.807, 2.05) is 19.9 Å². The van der Waals surface area contributed by atoms with Crippen LogP contribution in [0.15, 0.2) is 24.5 Å². The van der Waals surface area contributed by atoms with Gasteiger partial charge in [0.15, 0.2) is 0 Å². The van der Waals surface area contributed by atoms with Crippen molar-refractivity contribution in [3.05, 3.63) is 47.0 Å². The van der Waals surface area contributed by atoms with Crippen molar-refractivity contribution in [3.63, 3.8) is 0 Å². The molecule has 0 fully saturated rings. The van der Waals surface area contributed by atoms with Gasteiger partial charge < -0.3 is 16.0 Å². The molecule has 100 valence electrons. The third-order valence-corrected chi connectivity index (χ3v) is 3.06. The van der Waals surface area contributed by atoms with Gasteiger partial charge in [0.2, 0.25) is 0 Å². The minimum absolute atomic E-state index is 0.101. The molecule has 5 heteroatoms. The number of hydrogen-bond acceptors (Lipinski definition) is 3. The van der Waals surface area contributed by atoms with Gasteiger partial charge in [-0.3, -0.25) is 4.79 Å². The van der Waals surface area contributed by atoms with Gasteiger partial charge in [-0.15, -0.1) is 0 Å². The molecule has 0 aliphatic rings. The molecule has 1 aromatic carbocycles. The van der Waals surface area contributed by atoms with E-state index < -0.39 is 0 Å². The van der Waals surface area contributed by atoms with Gasteiger partial charge in [0.05, 0.1) is 0 Å². The van der Waals surface area contributed by atoms with E-state index in [-0.39, 0.29) is 5.91 Å². The van der Waals surface area contributed by atoms with Crippen molar-refractivity contribution >= 4 is 11.6 Å². The molecule has 1 aromatic heterocycles. The Balaban J connectivity index is 1.98. The number of aromatic amines is 1. The fourth-order valence-corrected chi connectivity index (χ4v) is 1.94. The second kappa shape index (κ2) is 5.56. The molecular formula is C14H18N4O. The highest BCUT2D eigenvalue weighted by atomic mass is 16.1. The zero-order valence-corrected chi connectivity index (χ0v) is 11.2. The molecule has 5 nitrogen and oxygen atoms in total. The molecule has 1 amide bonds. The predicted octanol–water partition coefficient (Wildman–Crippen LogP) is 1.58. The molecule has 0 spiro atoms. The lowest BCUT2D eigenvalue weighted by molar-refractivity contribution is 0.0953. The maximum atomic E-state index is 12.1. The lowest BCUT2D eigenvalue weighted by Gasteiger charge is -2.10. The zero-order chi connectivity index (χ0) is 13.8. The van der Waals surface area contributed by atoms with Crippen LogP contribution in [0.2, 0.25) is 0 Å². The number of amides is 1. The van der Waals surface area contributed by atoms with Crippen LogP contribution in [0, 0.1) is 13.8 Å². The van der Waals surface area contributed by atoms with E-state index in [1.54, 1.807) is 18.5 Å². The van der Waals surface area contributed by atoms with Crippen molar-refractivity contribution in [2.24, 2.45) is 0 Å². The summed E-state index contributed by atoms with van der Waals surface area (Å²) in [5.74, 6) is 0.760. The minimum atomic E-state index is -0.101. The predicted molar refractivity (Wildman–Crippen MR) is 75.0 cm³/mol. The van der Waals surface area contributed by atoms with Crippen LogP contribution >= 0.6 is 0 Å². The van der Waals surface area contributed by atoms with Crippen molar-refractivity contribution in [1.82, 2.24) is 15.3 Å². The number of carbonyl (C=O) groups is 1. The fourth-order valence-electron chi connectivity index (χ4n) is 1.94. The van der Waals surface area contributed by atoms with Crippen LogP contribution < -0.4 is 11.1 Å². The van der Waals surface area contributed by atoms with Crippen LogP contribution in [0.1, 0.15) is 27.3 Å². The zero-order valence-electron chi connectivity index (χ0n) is 11.2. The molecule has 19 heavy (non-hydrogen) atoms. The van der Waals surface area contributed by atoms with Crippen molar-refractivity contribution in [2.45, 2.75) is 20.3 Å². The highest BCUT2D eigenvalue weighted by Crippen LogP contribution is 2.17. The normalized spacial score (nSPS) is 10.4. The minimum Gasteiger partial charge on any atom is -0.398 e. The van der Waals surface area contributed by atoms with E-state index in [0.717, 1.165) is 17.0 Å². The van der Waals surface area contributed by atoms with Gasteiger partial charge in [0.25, 0.3) is 5.91 Å². The number of H-pyrrole nitrogens is 1. The molecule has 4 N–H and O–H groups in total. The summed E-state index contributed by atoms with van der Waals surface area (Å²) in [7, 11) is 0. The number of hydrogen-bond donors (Lipinski definition) is 3. The quantitative estimate of drug-likeness (QED) is 0.728. The second-order valence-electron chi connectivity index (χ2n) is 4.57. The van der Waals surface area contributed by atoms with Crippen molar-refractivity contribution < 1.29 is 4.79 Å². The molecule has 1 heterocycles. The Bertz CT molecular complexity index is 575. The number of nitrogens with zero attached hydrogens (tertiary/aromatic N) is 1. The number of nitrogens with one attached hydrogen (secondary N) is 2. The van der Waals surface area contributed by atoms with Crippen LogP contribution in [0.5, 0.6) is 0 Å². The van der Waals surface area contributed by atoms with Gasteiger partial charge in [0.1, 0.15) is 5.82 Å². The van der Waals surface area contributed by atoms with Gasteiger partial charge in [-0.2, -0.15) is 0 Å². The molecule has 0 aliphatic carbocycles.